The van der Waals surface area contributed by atoms with Crippen LogP contribution in [0.25, 0.3) is 11.0 Å². The molecule has 0 spiro atoms. The van der Waals surface area contributed by atoms with E-state index in [2.05, 4.69) is 0 Å². The second kappa shape index (κ2) is 7.86. The average Bonchev–Trinajstić information content (AvgIpc) is 3.12. The number of nitrogens with zero attached hydrogens (tertiary/aromatic N) is 1. The molecule has 2 heterocycles. The number of methoxy groups -OCH3 is 2. The van der Waals surface area contributed by atoms with E-state index in [9.17, 15) is 14.7 Å². The summed E-state index contributed by atoms with van der Waals surface area (Å²) in [5, 5.41) is 10.8. The lowest BCUT2D eigenvalue weighted by molar-refractivity contribution is 0.0971. The number of halogens is 1. The third kappa shape index (κ3) is 3.20. The van der Waals surface area contributed by atoms with Crippen LogP contribution in [0.4, 0.5) is 5.69 Å². The number of phenols is 1. The maximum absolute atomic E-state index is 13.6. The minimum absolute atomic E-state index is 0.0392. The topological polar surface area (TPSA) is 89.2 Å². The fourth-order valence-electron chi connectivity index (χ4n) is 4.17. The molecule has 0 bridgehead atoms. The molecule has 1 aliphatic heterocycles. The second-order valence-corrected chi connectivity index (χ2v) is 7.91. The van der Waals surface area contributed by atoms with Gasteiger partial charge in [0, 0.05) is 5.69 Å². The summed E-state index contributed by atoms with van der Waals surface area (Å²) < 4.78 is 16.4. The molecular formula is C25H18ClNO6. The van der Waals surface area contributed by atoms with Crippen LogP contribution in [0.1, 0.15) is 27.7 Å². The van der Waals surface area contributed by atoms with Crippen LogP contribution in [0, 0.1) is 0 Å². The Hall–Kier alpha value is -3.97. The van der Waals surface area contributed by atoms with Gasteiger partial charge in [-0.25, -0.2) is 0 Å². The highest BCUT2D eigenvalue weighted by atomic mass is 35.5. The van der Waals surface area contributed by atoms with Crippen molar-refractivity contribution in [3.8, 4) is 17.2 Å². The van der Waals surface area contributed by atoms with E-state index in [1.165, 1.54) is 25.2 Å². The molecule has 33 heavy (non-hydrogen) atoms. The van der Waals surface area contributed by atoms with E-state index in [1.54, 1.807) is 54.6 Å². The first-order chi connectivity index (χ1) is 15.9. The van der Waals surface area contributed by atoms with Crippen molar-refractivity contribution in [3.63, 3.8) is 0 Å². The van der Waals surface area contributed by atoms with Crippen molar-refractivity contribution in [2.75, 3.05) is 19.1 Å². The zero-order valence-corrected chi connectivity index (χ0v) is 18.4. The molecule has 7 nitrogen and oxygen atoms in total. The predicted molar refractivity (Wildman–Crippen MR) is 124 cm³/mol. The van der Waals surface area contributed by atoms with Crippen molar-refractivity contribution in [1.29, 1.82) is 0 Å². The lowest BCUT2D eigenvalue weighted by Crippen LogP contribution is -2.29. The van der Waals surface area contributed by atoms with Crippen LogP contribution >= 0.6 is 11.6 Å². The van der Waals surface area contributed by atoms with Crippen LogP contribution in [0.15, 0.2) is 69.9 Å². The Bertz CT molecular complexity index is 1480. The molecule has 0 fully saturated rings. The largest absolute Gasteiger partial charge is 0.504 e. The lowest BCUT2D eigenvalue weighted by atomic mass is 9.97. The number of benzene rings is 3. The van der Waals surface area contributed by atoms with Crippen molar-refractivity contribution in [2.45, 2.75) is 6.04 Å². The van der Waals surface area contributed by atoms with E-state index in [0.717, 1.165) is 0 Å². The van der Waals surface area contributed by atoms with Crippen LogP contribution in [0.3, 0.4) is 0 Å². The number of phenolic OH excluding ortho intramolecular Hbond substituents is 1. The van der Waals surface area contributed by atoms with Gasteiger partial charge in [-0.3, -0.25) is 14.5 Å². The molecule has 8 heteroatoms. The third-order valence-electron chi connectivity index (χ3n) is 5.71. The minimum atomic E-state index is -0.827. The number of para-hydroxylation sites is 1. The van der Waals surface area contributed by atoms with Gasteiger partial charge in [-0.2, -0.15) is 0 Å². The molecule has 166 valence electrons. The van der Waals surface area contributed by atoms with Crippen LogP contribution < -0.4 is 19.8 Å². The smallest absolute Gasteiger partial charge is 0.295 e. The molecule has 0 radical (unpaired) electrons. The fourth-order valence-corrected chi connectivity index (χ4v) is 4.42. The van der Waals surface area contributed by atoms with Crippen molar-refractivity contribution in [2.24, 2.45) is 0 Å². The van der Waals surface area contributed by atoms with E-state index in [-0.39, 0.29) is 28.3 Å². The van der Waals surface area contributed by atoms with E-state index < -0.39 is 11.9 Å². The summed E-state index contributed by atoms with van der Waals surface area (Å²) in [6.07, 6.45) is 0. The van der Waals surface area contributed by atoms with E-state index in [4.69, 9.17) is 25.5 Å². The van der Waals surface area contributed by atoms with Crippen LogP contribution in [0.5, 0.6) is 17.2 Å². The number of aromatic hydroxyl groups is 1. The van der Waals surface area contributed by atoms with Crippen molar-refractivity contribution in [1.82, 2.24) is 0 Å². The van der Waals surface area contributed by atoms with Gasteiger partial charge >= 0.3 is 0 Å². The Balaban J connectivity index is 1.80. The first-order valence-electron chi connectivity index (χ1n) is 10.0. The maximum atomic E-state index is 13.6. The van der Waals surface area contributed by atoms with E-state index in [0.29, 0.717) is 33.0 Å². The number of hydrogen-bond acceptors (Lipinski definition) is 6. The van der Waals surface area contributed by atoms with Gasteiger partial charge < -0.3 is 19.0 Å². The van der Waals surface area contributed by atoms with Gasteiger partial charge in [0.1, 0.15) is 11.3 Å². The number of carbonyl (C=O) groups excluding carboxylic acids is 1. The Kier molecular flexibility index (Phi) is 4.98. The van der Waals surface area contributed by atoms with E-state index in [1.807, 2.05) is 0 Å². The molecule has 1 aliphatic rings. The number of rotatable bonds is 4. The number of anilines is 1. The van der Waals surface area contributed by atoms with Gasteiger partial charge in [0.15, 0.2) is 16.9 Å². The van der Waals surface area contributed by atoms with Gasteiger partial charge in [0.05, 0.1) is 36.2 Å². The monoisotopic (exact) mass is 463 g/mol. The zero-order valence-electron chi connectivity index (χ0n) is 17.7. The van der Waals surface area contributed by atoms with Crippen molar-refractivity contribution < 1.29 is 23.8 Å². The molecule has 0 saturated carbocycles. The molecule has 4 aromatic rings. The first kappa shape index (κ1) is 20.9. The number of ether oxygens (including phenoxy) is 2. The molecule has 1 amide bonds. The summed E-state index contributed by atoms with van der Waals surface area (Å²) in [7, 11) is 2.92. The fraction of sp³-hybridized carbons (Fsp3) is 0.120. The Labute approximate surface area is 193 Å². The molecule has 3 aromatic carbocycles. The molecule has 1 N–H and O–H groups in total. The summed E-state index contributed by atoms with van der Waals surface area (Å²) in [4.78, 5) is 28.6. The van der Waals surface area contributed by atoms with E-state index >= 15 is 0 Å². The normalized spacial score (nSPS) is 15.1. The third-order valence-corrected chi connectivity index (χ3v) is 6.01. The molecule has 0 saturated heterocycles. The number of hydrogen-bond donors (Lipinski definition) is 1. The second-order valence-electron chi connectivity index (χ2n) is 7.50. The average molecular weight is 464 g/mol. The molecule has 1 aromatic heterocycles. The Morgan fingerprint density at radius 1 is 0.970 bits per heavy atom. The summed E-state index contributed by atoms with van der Waals surface area (Å²) in [5.41, 5.74) is 1.24. The highest BCUT2D eigenvalue weighted by molar-refractivity contribution is 6.32. The van der Waals surface area contributed by atoms with Gasteiger partial charge in [0.25, 0.3) is 5.91 Å². The van der Waals surface area contributed by atoms with Gasteiger partial charge in [-0.1, -0.05) is 29.8 Å². The summed E-state index contributed by atoms with van der Waals surface area (Å²) in [6, 6.07) is 15.6. The molecule has 0 aliphatic carbocycles. The highest BCUT2D eigenvalue weighted by Gasteiger charge is 2.44. The summed E-state index contributed by atoms with van der Waals surface area (Å²) in [5.74, 6) is 0.0860. The quantitative estimate of drug-likeness (QED) is 0.462. The SMILES string of the molecule is COc1cc(C2c3c(oc4ccccc4c3=O)C(=O)N2c2ccc(OC)c(Cl)c2)ccc1O. The van der Waals surface area contributed by atoms with Crippen LogP contribution in [-0.4, -0.2) is 25.2 Å². The Morgan fingerprint density at radius 2 is 1.73 bits per heavy atom. The molecule has 1 unspecified atom stereocenters. The van der Waals surface area contributed by atoms with Gasteiger partial charge in [-0.15, -0.1) is 0 Å². The standard InChI is InChI=1S/C25H18ClNO6/c1-31-19-10-8-14(12-16(19)26)27-22(13-7-9-17(28)20(11-13)32-2)21-23(29)15-5-3-4-6-18(15)33-24(21)25(27)30/h3-12,22,28H,1-2H3. The minimum Gasteiger partial charge on any atom is -0.504 e. The predicted octanol–water partition coefficient (Wildman–Crippen LogP) is 4.92. The number of fused-ring (bicyclic) bond motifs is 2. The van der Waals surface area contributed by atoms with Crippen molar-refractivity contribution in [3.05, 3.63) is 92.8 Å². The van der Waals surface area contributed by atoms with Gasteiger partial charge in [0.2, 0.25) is 5.76 Å². The van der Waals surface area contributed by atoms with Crippen LogP contribution in [0.2, 0.25) is 5.02 Å². The number of amides is 1. The zero-order chi connectivity index (χ0) is 23.3. The first-order valence-corrected chi connectivity index (χ1v) is 10.4. The van der Waals surface area contributed by atoms with Crippen molar-refractivity contribution >= 4 is 34.2 Å². The maximum Gasteiger partial charge on any atom is 0.295 e. The lowest BCUT2D eigenvalue weighted by Gasteiger charge is -2.26. The summed E-state index contributed by atoms with van der Waals surface area (Å²) in [6.45, 7) is 0. The number of carbonyl (C=O) groups is 1. The van der Waals surface area contributed by atoms with Crippen LogP contribution in [-0.2, 0) is 0 Å². The molecular weight excluding hydrogens is 446 g/mol. The highest BCUT2D eigenvalue weighted by Crippen LogP contribution is 2.44. The molecule has 5 rings (SSSR count). The molecule has 1 atom stereocenters. The Morgan fingerprint density at radius 3 is 2.45 bits per heavy atom. The summed E-state index contributed by atoms with van der Waals surface area (Å²) >= 11 is 6.34. The van der Waals surface area contributed by atoms with Gasteiger partial charge in [-0.05, 0) is 48.0 Å².